The quantitative estimate of drug-likeness (QED) is 0.805. The van der Waals surface area contributed by atoms with Crippen molar-refractivity contribution in [1.29, 1.82) is 0 Å². The molecule has 1 aromatic carbocycles. The second kappa shape index (κ2) is 6.78. The summed E-state index contributed by atoms with van der Waals surface area (Å²) in [6.07, 6.45) is 3.66. The Hall–Kier alpha value is -2.50. The summed E-state index contributed by atoms with van der Waals surface area (Å²) in [5.74, 6) is -0.719. The average Bonchev–Trinajstić information content (AvgIpc) is 2.50. The van der Waals surface area contributed by atoms with Crippen molar-refractivity contribution in [2.24, 2.45) is 0 Å². The Kier molecular flexibility index (Phi) is 4.81. The molecule has 0 aromatic heterocycles. The van der Waals surface area contributed by atoms with Gasteiger partial charge in [-0.2, -0.15) is 0 Å². The number of benzene rings is 1. The Labute approximate surface area is 122 Å². The van der Waals surface area contributed by atoms with Crippen LogP contribution >= 0.6 is 0 Å². The van der Waals surface area contributed by atoms with Crippen molar-refractivity contribution in [3.63, 3.8) is 0 Å². The Bertz CT molecular complexity index is 567. The first-order valence-electron chi connectivity index (χ1n) is 6.67. The SMILES string of the molecule is C/C=C/CC(NC(=O)c1cccc2c1OCCO2)C(=O)O. The number of allylic oxidation sites excluding steroid dienone is 1. The zero-order chi connectivity index (χ0) is 15.2. The number of hydrogen-bond acceptors (Lipinski definition) is 4. The van der Waals surface area contributed by atoms with Gasteiger partial charge in [0, 0.05) is 0 Å². The second-order valence-electron chi connectivity index (χ2n) is 4.50. The Morgan fingerprint density at radius 3 is 2.86 bits per heavy atom. The van der Waals surface area contributed by atoms with Gasteiger partial charge in [-0.15, -0.1) is 0 Å². The highest BCUT2D eigenvalue weighted by Crippen LogP contribution is 2.33. The van der Waals surface area contributed by atoms with Crippen molar-refractivity contribution in [2.75, 3.05) is 13.2 Å². The molecule has 6 nitrogen and oxygen atoms in total. The van der Waals surface area contributed by atoms with E-state index in [-0.39, 0.29) is 12.0 Å². The van der Waals surface area contributed by atoms with Crippen molar-refractivity contribution in [1.82, 2.24) is 5.32 Å². The lowest BCUT2D eigenvalue weighted by molar-refractivity contribution is -0.139. The standard InChI is InChI=1S/C15H17NO5/c1-2-3-6-11(15(18)19)16-14(17)10-5-4-7-12-13(10)21-9-8-20-12/h2-5,7,11H,6,8-9H2,1H3,(H,16,17)(H,18,19)/b3-2+. The summed E-state index contributed by atoms with van der Waals surface area (Å²) in [6.45, 7) is 2.58. The fourth-order valence-electron chi connectivity index (χ4n) is 1.98. The number of fused-ring (bicyclic) bond motifs is 1. The van der Waals surface area contributed by atoms with E-state index < -0.39 is 17.9 Å². The molecule has 1 aliphatic rings. The number of aliphatic carboxylic acids is 1. The molecule has 6 heteroatoms. The summed E-state index contributed by atoms with van der Waals surface area (Å²) in [7, 11) is 0. The first-order valence-corrected chi connectivity index (χ1v) is 6.67. The highest BCUT2D eigenvalue weighted by Gasteiger charge is 2.24. The number of para-hydroxylation sites is 1. The van der Waals surface area contributed by atoms with Crippen LogP contribution in [-0.4, -0.2) is 36.2 Å². The number of ether oxygens (including phenoxy) is 2. The van der Waals surface area contributed by atoms with E-state index in [2.05, 4.69) is 5.32 Å². The van der Waals surface area contributed by atoms with Crippen LogP contribution in [-0.2, 0) is 4.79 Å². The van der Waals surface area contributed by atoms with Crippen molar-refractivity contribution >= 4 is 11.9 Å². The minimum absolute atomic E-state index is 0.226. The predicted molar refractivity (Wildman–Crippen MR) is 75.8 cm³/mol. The highest BCUT2D eigenvalue weighted by atomic mass is 16.6. The van der Waals surface area contributed by atoms with Gasteiger partial charge in [0.2, 0.25) is 0 Å². The second-order valence-corrected chi connectivity index (χ2v) is 4.50. The number of nitrogens with one attached hydrogen (secondary N) is 1. The van der Waals surface area contributed by atoms with Crippen LogP contribution in [0.3, 0.4) is 0 Å². The number of carboxylic acid groups (broad SMARTS) is 1. The third kappa shape index (κ3) is 3.53. The molecule has 1 unspecified atom stereocenters. The number of carboxylic acids is 1. The molecule has 0 saturated carbocycles. The van der Waals surface area contributed by atoms with Crippen LogP contribution in [0, 0.1) is 0 Å². The molecule has 112 valence electrons. The summed E-state index contributed by atoms with van der Waals surface area (Å²) in [6, 6.07) is 3.98. The van der Waals surface area contributed by atoms with Crippen molar-refractivity contribution in [3.05, 3.63) is 35.9 Å². The summed E-state index contributed by atoms with van der Waals surface area (Å²) in [5.41, 5.74) is 0.277. The van der Waals surface area contributed by atoms with E-state index >= 15 is 0 Å². The normalized spacial score (nSPS) is 14.7. The lowest BCUT2D eigenvalue weighted by atomic mass is 10.1. The van der Waals surface area contributed by atoms with Crippen molar-refractivity contribution in [3.8, 4) is 11.5 Å². The summed E-state index contributed by atoms with van der Waals surface area (Å²) >= 11 is 0. The topological polar surface area (TPSA) is 84.9 Å². The lowest BCUT2D eigenvalue weighted by Gasteiger charge is -2.21. The average molecular weight is 291 g/mol. The van der Waals surface area contributed by atoms with Gasteiger partial charge >= 0.3 is 5.97 Å². The van der Waals surface area contributed by atoms with E-state index in [0.29, 0.717) is 24.7 Å². The van der Waals surface area contributed by atoms with Gasteiger partial charge in [-0.05, 0) is 25.5 Å². The maximum Gasteiger partial charge on any atom is 0.326 e. The number of carbonyl (C=O) groups excluding carboxylic acids is 1. The van der Waals surface area contributed by atoms with Gasteiger partial charge in [0.1, 0.15) is 19.3 Å². The third-order valence-corrected chi connectivity index (χ3v) is 3.02. The molecule has 2 rings (SSSR count). The molecule has 1 atom stereocenters. The van der Waals surface area contributed by atoms with E-state index in [1.165, 1.54) is 0 Å². The molecule has 0 bridgehead atoms. The van der Waals surface area contributed by atoms with Gasteiger partial charge in [0.05, 0.1) is 5.56 Å². The van der Waals surface area contributed by atoms with Gasteiger partial charge in [-0.1, -0.05) is 18.2 Å². The lowest BCUT2D eigenvalue weighted by Crippen LogP contribution is -2.40. The van der Waals surface area contributed by atoms with Crippen LogP contribution in [0.5, 0.6) is 11.5 Å². The van der Waals surface area contributed by atoms with Crippen molar-refractivity contribution in [2.45, 2.75) is 19.4 Å². The van der Waals surface area contributed by atoms with Gasteiger partial charge in [-0.25, -0.2) is 4.79 Å². The number of rotatable bonds is 5. The van der Waals surface area contributed by atoms with Gasteiger partial charge in [0.15, 0.2) is 11.5 Å². The molecule has 1 amide bonds. The fraction of sp³-hybridized carbons (Fsp3) is 0.333. The molecule has 21 heavy (non-hydrogen) atoms. The van der Waals surface area contributed by atoms with Crippen LogP contribution in [0.1, 0.15) is 23.7 Å². The van der Waals surface area contributed by atoms with E-state index in [4.69, 9.17) is 14.6 Å². The Balaban J connectivity index is 2.18. The van der Waals surface area contributed by atoms with Crippen LogP contribution in [0.15, 0.2) is 30.4 Å². The summed E-state index contributed by atoms with van der Waals surface area (Å²) in [4.78, 5) is 23.4. The monoisotopic (exact) mass is 291 g/mol. The van der Waals surface area contributed by atoms with E-state index in [9.17, 15) is 9.59 Å². The van der Waals surface area contributed by atoms with Crippen LogP contribution < -0.4 is 14.8 Å². The van der Waals surface area contributed by atoms with Gasteiger partial charge in [0.25, 0.3) is 5.91 Å². The third-order valence-electron chi connectivity index (χ3n) is 3.02. The maximum atomic E-state index is 12.3. The molecule has 1 aromatic rings. The zero-order valence-electron chi connectivity index (χ0n) is 11.7. The molecule has 2 N–H and O–H groups in total. The number of carbonyl (C=O) groups is 2. The predicted octanol–water partition coefficient (Wildman–Crippen LogP) is 1.61. The first-order chi connectivity index (χ1) is 10.1. The summed E-state index contributed by atoms with van der Waals surface area (Å²) in [5, 5.41) is 11.6. The molecule has 0 saturated heterocycles. The maximum absolute atomic E-state index is 12.3. The summed E-state index contributed by atoms with van der Waals surface area (Å²) < 4.78 is 10.9. The smallest absolute Gasteiger partial charge is 0.326 e. The first kappa shape index (κ1) is 14.9. The van der Waals surface area contributed by atoms with Gasteiger partial charge in [-0.3, -0.25) is 4.79 Å². The minimum Gasteiger partial charge on any atom is -0.486 e. The zero-order valence-corrected chi connectivity index (χ0v) is 11.7. The molecular formula is C15H17NO5. The minimum atomic E-state index is -1.08. The molecular weight excluding hydrogens is 274 g/mol. The van der Waals surface area contributed by atoms with E-state index in [1.54, 1.807) is 37.3 Å². The Morgan fingerprint density at radius 2 is 2.14 bits per heavy atom. The molecule has 0 radical (unpaired) electrons. The highest BCUT2D eigenvalue weighted by molar-refractivity contribution is 5.99. The van der Waals surface area contributed by atoms with Crippen LogP contribution in [0.4, 0.5) is 0 Å². The molecule has 0 spiro atoms. The van der Waals surface area contributed by atoms with Crippen LogP contribution in [0.25, 0.3) is 0 Å². The number of amides is 1. The largest absolute Gasteiger partial charge is 0.486 e. The van der Waals surface area contributed by atoms with Gasteiger partial charge < -0.3 is 19.9 Å². The Morgan fingerprint density at radius 1 is 1.38 bits per heavy atom. The van der Waals surface area contributed by atoms with Crippen LogP contribution in [0.2, 0.25) is 0 Å². The molecule has 1 aliphatic heterocycles. The van der Waals surface area contributed by atoms with E-state index in [1.807, 2.05) is 0 Å². The molecule has 1 heterocycles. The molecule has 0 aliphatic carbocycles. The number of hydrogen-bond donors (Lipinski definition) is 2. The fourth-order valence-corrected chi connectivity index (χ4v) is 1.98. The molecule has 0 fully saturated rings. The van der Waals surface area contributed by atoms with Crippen molar-refractivity contribution < 1.29 is 24.2 Å². The van der Waals surface area contributed by atoms with E-state index in [0.717, 1.165) is 0 Å².